The van der Waals surface area contributed by atoms with E-state index in [2.05, 4.69) is 21.2 Å². The van der Waals surface area contributed by atoms with Gasteiger partial charge < -0.3 is 15.4 Å². The summed E-state index contributed by atoms with van der Waals surface area (Å²) in [6.07, 6.45) is 2.08. The van der Waals surface area contributed by atoms with Crippen LogP contribution in [0.15, 0.2) is 47.6 Å². The maximum atomic E-state index is 12.0. The third-order valence-electron chi connectivity index (χ3n) is 3.55. The predicted octanol–water partition coefficient (Wildman–Crippen LogP) is 2.99. The lowest BCUT2D eigenvalue weighted by Gasteiger charge is -2.08. The van der Waals surface area contributed by atoms with Crippen molar-refractivity contribution in [2.45, 2.75) is 13.3 Å². The zero-order valence-corrected chi connectivity index (χ0v) is 17.6. The molecule has 0 aliphatic rings. The quantitative estimate of drug-likeness (QED) is 0.326. The lowest BCUT2D eigenvalue weighted by Crippen LogP contribution is -2.38. The minimum Gasteiger partial charge on any atom is -0.484 e. The molecule has 0 saturated carbocycles. The second-order valence-electron chi connectivity index (χ2n) is 5.99. The van der Waals surface area contributed by atoms with E-state index in [0.29, 0.717) is 33.6 Å². The van der Waals surface area contributed by atoms with Crippen molar-refractivity contribution in [3.63, 3.8) is 0 Å². The van der Waals surface area contributed by atoms with Crippen LogP contribution in [-0.4, -0.2) is 37.1 Å². The molecular formula is C20H20Cl2N4O4. The molecule has 0 aliphatic heterocycles. The summed E-state index contributed by atoms with van der Waals surface area (Å²) in [5.41, 5.74) is 3.24. The highest BCUT2D eigenvalue weighted by Crippen LogP contribution is 2.25. The van der Waals surface area contributed by atoms with Crippen LogP contribution in [0.4, 0.5) is 5.69 Å². The van der Waals surface area contributed by atoms with Gasteiger partial charge in [0, 0.05) is 12.2 Å². The Morgan fingerprint density at radius 1 is 1.07 bits per heavy atom. The van der Waals surface area contributed by atoms with E-state index in [4.69, 9.17) is 27.9 Å². The number of halogens is 2. The van der Waals surface area contributed by atoms with Gasteiger partial charge in [0.15, 0.2) is 6.61 Å². The van der Waals surface area contributed by atoms with Crippen molar-refractivity contribution in [3.8, 4) is 5.75 Å². The van der Waals surface area contributed by atoms with Crippen molar-refractivity contribution < 1.29 is 19.1 Å². The molecule has 2 rings (SSSR count). The van der Waals surface area contributed by atoms with Crippen LogP contribution >= 0.6 is 23.2 Å². The molecule has 0 aromatic heterocycles. The van der Waals surface area contributed by atoms with Crippen molar-refractivity contribution in [1.82, 2.24) is 10.7 Å². The fraction of sp³-hybridized carbons (Fsp3) is 0.200. The van der Waals surface area contributed by atoms with E-state index < -0.39 is 11.8 Å². The molecule has 0 heterocycles. The molecule has 0 saturated heterocycles. The van der Waals surface area contributed by atoms with Crippen LogP contribution in [0.1, 0.15) is 18.9 Å². The summed E-state index contributed by atoms with van der Waals surface area (Å²) in [6.45, 7) is 2.06. The molecule has 30 heavy (non-hydrogen) atoms. The number of nitrogens with one attached hydrogen (secondary N) is 3. The Balaban J connectivity index is 1.84. The fourth-order valence-electron chi connectivity index (χ4n) is 2.14. The molecular weight excluding hydrogens is 431 g/mol. The number of carbonyl (C=O) groups is 3. The van der Waals surface area contributed by atoms with E-state index >= 15 is 0 Å². The Morgan fingerprint density at radius 3 is 2.60 bits per heavy atom. The van der Waals surface area contributed by atoms with Crippen LogP contribution in [0.2, 0.25) is 10.0 Å². The maximum Gasteiger partial charge on any atom is 0.329 e. The standard InChI is InChI=1S/C20H20Cl2N4O4/c1-2-8-23-19(28)20(29)26-24-11-13-4-3-5-15(9-13)30-12-18(27)25-14-6-7-16(21)17(22)10-14/h3-7,9-11H,2,8,12H2,1H3,(H,23,28)(H,25,27)(H,26,29)/b24-11-. The summed E-state index contributed by atoms with van der Waals surface area (Å²) in [5.74, 6) is -1.56. The van der Waals surface area contributed by atoms with Crippen molar-refractivity contribution in [3.05, 3.63) is 58.1 Å². The highest BCUT2D eigenvalue weighted by molar-refractivity contribution is 6.42. The molecule has 0 spiro atoms. The second kappa shape index (κ2) is 11.8. The number of hydrogen-bond acceptors (Lipinski definition) is 5. The van der Waals surface area contributed by atoms with E-state index in [1.807, 2.05) is 6.92 Å². The molecule has 3 N–H and O–H groups in total. The largest absolute Gasteiger partial charge is 0.484 e. The Hall–Kier alpha value is -3.10. The summed E-state index contributed by atoms with van der Waals surface area (Å²) in [6, 6.07) is 11.4. The number of ether oxygens (including phenoxy) is 1. The van der Waals surface area contributed by atoms with Gasteiger partial charge in [-0.3, -0.25) is 14.4 Å². The summed E-state index contributed by atoms with van der Waals surface area (Å²) in [7, 11) is 0. The predicted molar refractivity (Wildman–Crippen MR) is 116 cm³/mol. The topological polar surface area (TPSA) is 109 Å². The average Bonchev–Trinajstić information content (AvgIpc) is 2.73. The van der Waals surface area contributed by atoms with Gasteiger partial charge in [-0.1, -0.05) is 42.3 Å². The number of amides is 3. The van der Waals surface area contributed by atoms with Crippen molar-refractivity contribution in [2.75, 3.05) is 18.5 Å². The fourth-order valence-corrected chi connectivity index (χ4v) is 2.44. The molecule has 0 atom stereocenters. The Labute approximate surface area is 183 Å². The van der Waals surface area contributed by atoms with Gasteiger partial charge in [0.2, 0.25) is 0 Å². The van der Waals surface area contributed by atoms with Gasteiger partial charge in [-0.15, -0.1) is 0 Å². The number of rotatable bonds is 8. The minimum absolute atomic E-state index is 0.227. The summed E-state index contributed by atoms with van der Waals surface area (Å²) < 4.78 is 5.46. The van der Waals surface area contributed by atoms with Crippen LogP contribution in [0.3, 0.4) is 0 Å². The highest BCUT2D eigenvalue weighted by Gasteiger charge is 2.10. The molecule has 0 bridgehead atoms. The van der Waals surface area contributed by atoms with Crippen LogP contribution < -0.4 is 20.8 Å². The van der Waals surface area contributed by atoms with Gasteiger partial charge >= 0.3 is 11.8 Å². The number of carbonyl (C=O) groups excluding carboxylic acids is 3. The lowest BCUT2D eigenvalue weighted by molar-refractivity contribution is -0.139. The van der Waals surface area contributed by atoms with Gasteiger partial charge in [0.25, 0.3) is 5.91 Å². The van der Waals surface area contributed by atoms with Crippen LogP contribution in [0.5, 0.6) is 5.75 Å². The molecule has 0 radical (unpaired) electrons. The van der Waals surface area contributed by atoms with Crippen molar-refractivity contribution in [1.29, 1.82) is 0 Å². The number of hydrazone groups is 1. The van der Waals surface area contributed by atoms with E-state index in [-0.39, 0.29) is 12.5 Å². The van der Waals surface area contributed by atoms with Gasteiger partial charge in [-0.2, -0.15) is 5.10 Å². The van der Waals surface area contributed by atoms with Crippen LogP contribution in [0.25, 0.3) is 0 Å². The van der Waals surface area contributed by atoms with E-state index in [0.717, 1.165) is 6.42 Å². The number of hydrogen-bond donors (Lipinski definition) is 3. The van der Waals surface area contributed by atoms with E-state index in [1.165, 1.54) is 12.3 Å². The molecule has 0 unspecified atom stereocenters. The molecule has 0 fully saturated rings. The normalized spacial score (nSPS) is 10.5. The molecule has 8 nitrogen and oxygen atoms in total. The van der Waals surface area contributed by atoms with Gasteiger partial charge in [-0.05, 0) is 42.3 Å². The molecule has 10 heteroatoms. The van der Waals surface area contributed by atoms with Crippen LogP contribution in [0, 0.1) is 0 Å². The lowest BCUT2D eigenvalue weighted by atomic mass is 10.2. The Morgan fingerprint density at radius 2 is 1.87 bits per heavy atom. The molecule has 2 aromatic carbocycles. The van der Waals surface area contributed by atoms with Gasteiger partial charge in [0.05, 0.1) is 16.3 Å². The molecule has 158 valence electrons. The first-order chi connectivity index (χ1) is 14.4. The Kier molecular flexibility index (Phi) is 9.11. The Bertz CT molecular complexity index is 950. The first kappa shape index (κ1) is 23.2. The van der Waals surface area contributed by atoms with Crippen molar-refractivity contribution in [2.24, 2.45) is 5.10 Å². The zero-order valence-electron chi connectivity index (χ0n) is 16.1. The smallest absolute Gasteiger partial charge is 0.329 e. The second-order valence-corrected chi connectivity index (χ2v) is 6.81. The SMILES string of the molecule is CCCNC(=O)C(=O)N/N=C\c1cccc(OCC(=O)Nc2ccc(Cl)c(Cl)c2)c1. The van der Waals surface area contributed by atoms with Crippen molar-refractivity contribution >= 4 is 52.8 Å². The first-order valence-electron chi connectivity index (χ1n) is 8.98. The first-order valence-corrected chi connectivity index (χ1v) is 9.73. The van der Waals surface area contributed by atoms with Gasteiger partial charge in [0.1, 0.15) is 5.75 Å². The third-order valence-corrected chi connectivity index (χ3v) is 4.29. The third kappa shape index (κ3) is 7.73. The number of benzene rings is 2. The summed E-state index contributed by atoms with van der Waals surface area (Å²) in [4.78, 5) is 35.0. The zero-order chi connectivity index (χ0) is 21.9. The summed E-state index contributed by atoms with van der Waals surface area (Å²) >= 11 is 11.8. The van der Waals surface area contributed by atoms with E-state index in [1.54, 1.807) is 36.4 Å². The molecule has 0 aliphatic carbocycles. The monoisotopic (exact) mass is 450 g/mol. The average molecular weight is 451 g/mol. The number of anilines is 1. The molecule has 3 amide bonds. The minimum atomic E-state index is -0.855. The van der Waals surface area contributed by atoms with Crippen LogP contribution in [-0.2, 0) is 14.4 Å². The summed E-state index contributed by atoms with van der Waals surface area (Å²) in [5, 5.41) is 9.55. The molecule has 2 aromatic rings. The highest BCUT2D eigenvalue weighted by atomic mass is 35.5. The van der Waals surface area contributed by atoms with Gasteiger partial charge in [-0.25, -0.2) is 5.43 Å². The maximum absolute atomic E-state index is 12.0. The van der Waals surface area contributed by atoms with E-state index in [9.17, 15) is 14.4 Å². The number of nitrogens with zero attached hydrogens (tertiary/aromatic N) is 1.